The number of ether oxygens (including phenoxy) is 1. The lowest BCUT2D eigenvalue weighted by Gasteiger charge is -2.15. The van der Waals surface area contributed by atoms with Crippen LogP contribution < -0.4 is 10.1 Å². The number of aromatic amines is 1. The van der Waals surface area contributed by atoms with Gasteiger partial charge in [0.25, 0.3) is 0 Å². The number of fused-ring (bicyclic) bond motifs is 2. The van der Waals surface area contributed by atoms with Gasteiger partial charge in [0.1, 0.15) is 5.52 Å². The van der Waals surface area contributed by atoms with Crippen LogP contribution in [0.15, 0.2) is 29.3 Å². The molecule has 9 heteroatoms. The molecule has 2 aromatic carbocycles. The summed E-state index contributed by atoms with van der Waals surface area (Å²) < 4.78 is 21.6. The van der Waals surface area contributed by atoms with E-state index < -0.39 is 5.82 Å². The number of thiazole rings is 1. The molecule has 0 fully saturated rings. The highest BCUT2D eigenvalue weighted by molar-refractivity contribution is 7.98. The maximum absolute atomic E-state index is 15.2. The van der Waals surface area contributed by atoms with E-state index in [0.29, 0.717) is 28.6 Å². The Morgan fingerprint density at radius 2 is 2.30 bits per heavy atom. The zero-order valence-electron chi connectivity index (χ0n) is 14.5. The van der Waals surface area contributed by atoms with Gasteiger partial charge in [-0.05, 0) is 30.9 Å². The van der Waals surface area contributed by atoms with E-state index in [0.717, 1.165) is 26.7 Å². The quantitative estimate of drug-likeness (QED) is 0.362. The molecular weight excluding hydrogens is 387 g/mol. The summed E-state index contributed by atoms with van der Waals surface area (Å²) in [6.07, 6.45) is 4.12. The van der Waals surface area contributed by atoms with Crippen molar-refractivity contribution in [2.75, 3.05) is 18.2 Å². The molecule has 0 bridgehead atoms. The maximum Gasteiger partial charge on any atom is 0.213 e. The monoisotopic (exact) mass is 402 g/mol. The summed E-state index contributed by atoms with van der Waals surface area (Å²) in [6.45, 7) is 2.18. The number of hydrogen-bond donors (Lipinski definition) is 2. The fourth-order valence-electron chi connectivity index (χ4n) is 3.04. The number of hydrogen-bond acceptors (Lipinski definition) is 6. The van der Waals surface area contributed by atoms with Crippen molar-refractivity contribution in [1.82, 2.24) is 15.2 Å². The minimum atomic E-state index is -0.399. The van der Waals surface area contributed by atoms with Gasteiger partial charge in [-0.15, -0.1) is 11.8 Å². The summed E-state index contributed by atoms with van der Waals surface area (Å²) in [4.78, 5) is 15.5. The lowest BCUT2D eigenvalue weighted by molar-refractivity contribution is -0.105. The Morgan fingerprint density at radius 1 is 1.44 bits per heavy atom. The summed E-state index contributed by atoms with van der Waals surface area (Å²) in [7, 11) is 0. The molecule has 0 saturated heterocycles. The molecule has 138 valence electrons. The van der Waals surface area contributed by atoms with Crippen molar-refractivity contribution in [1.29, 1.82) is 0 Å². The van der Waals surface area contributed by atoms with Gasteiger partial charge < -0.3 is 10.1 Å². The van der Waals surface area contributed by atoms with E-state index in [2.05, 4.69) is 20.5 Å². The average Bonchev–Trinajstić information content (AvgIpc) is 3.29. The van der Waals surface area contributed by atoms with Crippen molar-refractivity contribution in [2.24, 2.45) is 0 Å². The molecule has 0 saturated carbocycles. The number of H-pyrrole nitrogens is 1. The highest BCUT2D eigenvalue weighted by Gasteiger charge is 2.23. The third kappa shape index (κ3) is 2.92. The van der Waals surface area contributed by atoms with Gasteiger partial charge >= 0.3 is 0 Å². The minimum Gasteiger partial charge on any atom is -0.489 e. The van der Waals surface area contributed by atoms with Crippen molar-refractivity contribution in [3.8, 4) is 16.9 Å². The van der Waals surface area contributed by atoms with Gasteiger partial charge in [0.15, 0.2) is 16.7 Å². The van der Waals surface area contributed by atoms with E-state index in [9.17, 15) is 4.79 Å². The molecule has 4 aromatic rings. The SMILES string of the molecule is CCOc1c(F)c(SC)c(-c2ccc3nc(NC=O)sc3c2)c2cn[nH]c12. The maximum atomic E-state index is 15.2. The van der Waals surface area contributed by atoms with Gasteiger partial charge in [-0.1, -0.05) is 17.4 Å². The Labute approximate surface area is 162 Å². The van der Waals surface area contributed by atoms with E-state index in [4.69, 9.17) is 4.74 Å². The minimum absolute atomic E-state index is 0.189. The van der Waals surface area contributed by atoms with Crippen molar-refractivity contribution in [3.63, 3.8) is 0 Å². The zero-order chi connectivity index (χ0) is 19.0. The smallest absolute Gasteiger partial charge is 0.213 e. The first-order valence-electron chi connectivity index (χ1n) is 8.14. The second-order valence-corrected chi connectivity index (χ2v) is 7.45. The molecule has 0 spiro atoms. The molecular formula is C18H15FN4O2S2. The van der Waals surface area contributed by atoms with Crippen molar-refractivity contribution >= 4 is 55.8 Å². The van der Waals surface area contributed by atoms with Crippen LogP contribution in [0.25, 0.3) is 32.2 Å². The van der Waals surface area contributed by atoms with Crippen LogP contribution in [-0.2, 0) is 4.79 Å². The number of benzene rings is 2. The Bertz CT molecular complexity index is 1160. The lowest BCUT2D eigenvalue weighted by Crippen LogP contribution is -1.99. The molecule has 2 N–H and O–H groups in total. The topological polar surface area (TPSA) is 79.9 Å². The first-order valence-corrected chi connectivity index (χ1v) is 10.2. The molecule has 0 aliphatic rings. The van der Waals surface area contributed by atoms with Gasteiger partial charge in [-0.2, -0.15) is 5.10 Å². The predicted octanol–water partition coefficient (Wildman–Crippen LogP) is 4.67. The van der Waals surface area contributed by atoms with E-state index in [1.54, 1.807) is 6.20 Å². The second-order valence-electron chi connectivity index (χ2n) is 5.61. The van der Waals surface area contributed by atoms with Crippen molar-refractivity contribution in [3.05, 3.63) is 30.2 Å². The number of amides is 1. The van der Waals surface area contributed by atoms with Gasteiger partial charge in [0.05, 0.1) is 27.9 Å². The van der Waals surface area contributed by atoms with Gasteiger partial charge in [0.2, 0.25) is 6.41 Å². The number of anilines is 1. The second kappa shape index (κ2) is 7.16. The Hall–Kier alpha value is -2.65. The summed E-state index contributed by atoms with van der Waals surface area (Å²) in [6, 6.07) is 5.71. The molecule has 2 heterocycles. The molecule has 27 heavy (non-hydrogen) atoms. The molecule has 0 aliphatic heterocycles. The zero-order valence-corrected chi connectivity index (χ0v) is 16.1. The average molecular weight is 402 g/mol. The summed E-state index contributed by atoms with van der Waals surface area (Å²) >= 11 is 2.69. The van der Waals surface area contributed by atoms with Crippen LogP contribution in [0.5, 0.6) is 5.75 Å². The Kier molecular flexibility index (Phi) is 4.71. The van der Waals surface area contributed by atoms with Crippen LogP contribution in [0.2, 0.25) is 0 Å². The molecule has 2 aromatic heterocycles. The Balaban J connectivity index is 1.98. The van der Waals surface area contributed by atoms with Gasteiger partial charge in [0, 0.05) is 10.9 Å². The summed E-state index contributed by atoms with van der Waals surface area (Å²) in [5.41, 5.74) is 2.91. The van der Waals surface area contributed by atoms with Crippen molar-refractivity contribution < 1.29 is 13.9 Å². The highest BCUT2D eigenvalue weighted by Crippen LogP contribution is 2.44. The van der Waals surface area contributed by atoms with Crippen LogP contribution in [0.4, 0.5) is 9.52 Å². The summed E-state index contributed by atoms with van der Waals surface area (Å²) in [5, 5.41) is 10.8. The molecule has 1 amide bonds. The van der Waals surface area contributed by atoms with E-state index in [1.807, 2.05) is 31.4 Å². The van der Waals surface area contributed by atoms with E-state index >= 15 is 4.39 Å². The first-order chi connectivity index (χ1) is 13.2. The van der Waals surface area contributed by atoms with Crippen LogP contribution in [-0.4, -0.2) is 34.5 Å². The van der Waals surface area contributed by atoms with Gasteiger partial charge in [-0.25, -0.2) is 9.37 Å². The van der Waals surface area contributed by atoms with Crippen LogP contribution in [0, 0.1) is 5.82 Å². The summed E-state index contributed by atoms with van der Waals surface area (Å²) in [5.74, 6) is -0.210. The van der Waals surface area contributed by atoms with Crippen LogP contribution >= 0.6 is 23.1 Å². The number of carbonyl (C=O) groups is 1. The molecule has 4 rings (SSSR count). The Morgan fingerprint density at radius 3 is 3.04 bits per heavy atom. The number of rotatable bonds is 6. The van der Waals surface area contributed by atoms with Crippen LogP contribution in [0.3, 0.4) is 0 Å². The number of carbonyl (C=O) groups excluding carboxylic acids is 1. The normalized spacial score (nSPS) is 11.2. The standard InChI is InChI=1S/C18H15FN4O2S2/c1-3-25-16-14(19)17(26-2)13(10-7-21-23-15(10)16)9-4-5-11-12(6-9)27-18(22-11)20-8-24/h4-8H,3H2,1-2H3,(H,21,23)(H,20,22,24). The number of nitrogens with one attached hydrogen (secondary N) is 2. The third-order valence-corrected chi connectivity index (χ3v) is 5.85. The lowest BCUT2D eigenvalue weighted by atomic mass is 10.0. The fraction of sp³-hybridized carbons (Fsp3) is 0.167. The van der Waals surface area contributed by atoms with E-state index in [1.165, 1.54) is 23.1 Å². The number of aromatic nitrogens is 3. The third-order valence-electron chi connectivity index (χ3n) is 4.11. The number of nitrogens with zero attached hydrogens (tertiary/aromatic N) is 2. The highest BCUT2D eigenvalue weighted by atomic mass is 32.2. The number of halogens is 1. The van der Waals surface area contributed by atoms with Crippen molar-refractivity contribution in [2.45, 2.75) is 11.8 Å². The molecule has 0 atom stereocenters. The molecule has 0 aliphatic carbocycles. The molecule has 0 radical (unpaired) electrons. The van der Waals surface area contributed by atoms with E-state index in [-0.39, 0.29) is 5.75 Å². The largest absolute Gasteiger partial charge is 0.489 e. The fourth-order valence-corrected chi connectivity index (χ4v) is 4.61. The first kappa shape index (κ1) is 17.7. The molecule has 0 unspecified atom stereocenters. The molecule has 6 nitrogen and oxygen atoms in total. The predicted molar refractivity (Wildman–Crippen MR) is 107 cm³/mol. The number of thioether (sulfide) groups is 1. The van der Waals surface area contributed by atoms with Crippen LogP contribution in [0.1, 0.15) is 6.92 Å². The van der Waals surface area contributed by atoms with Gasteiger partial charge in [-0.3, -0.25) is 9.89 Å².